The van der Waals surface area contributed by atoms with E-state index in [0.29, 0.717) is 17.0 Å². The molecule has 7 heteroatoms. The second kappa shape index (κ2) is 7.44. The Morgan fingerprint density at radius 1 is 1.17 bits per heavy atom. The molecule has 0 spiro atoms. The fraction of sp³-hybridized carbons (Fsp3) is 0.235. The molecule has 0 fully saturated rings. The molecule has 1 amide bonds. The molecule has 0 aliphatic heterocycles. The van der Waals surface area contributed by atoms with Crippen LogP contribution in [-0.2, 0) is 4.79 Å². The maximum Gasteiger partial charge on any atom is 0.269 e. The lowest BCUT2D eigenvalue weighted by molar-refractivity contribution is -0.384. The molecule has 0 aliphatic carbocycles. The summed E-state index contributed by atoms with van der Waals surface area (Å²) in [5.74, 6) is 0.349. The first-order valence-corrected chi connectivity index (χ1v) is 8.01. The van der Waals surface area contributed by atoms with E-state index >= 15 is 0 Å². The largest absolute Gasteiger partial charge is 0.483 e. The van der Waals surface area contributed by atoms with Gasteiger partial charge in [-0.05, 0) is 55.7 Å². The lowest BCUT2D eigenvalue weighted by Crippen LogP contribution is -2.21. The smallest absolute Gasteiger partial charge is 0.269 e. The van der Waals surface area contributed by atoms with Crippen LogP contribution in [0.2, 0.25) is 0 Å². The predicted molar refractivity (Wildman–Crippen MR) is 95.6 cm³/mol. The number of nitrogens with zero attached hydrogens (tertiary/aromatic N) is 1. The summed E-state index contributed by atoms with van der Waals surface area (Å²) in [5, 5.41) is 13.4. The first-order chi connectivity index (χ1) is 11.3. The summed E-state index contributed by atoms with van der Waals surface area (Å²) < 4.78 is 6.57. The number of carbonyl (C=O) groups is 1. The summed E-state index contributed by atoms with van der Waals surface area (Å²) in [4.78, 5) is 22.3. The Bertz CT molecular complexity index is 782. The van der Waals surface area contributed by atoms with Crippen LogP contribution >= 0.6 is 15.9 Å². The number of anilines is 1. The van der Waals surface area contributed by atoms with E-state index in [1.54, 1.807) is 6.92 Å². The van der Waals surface area contributed by atoms with E-state index in [1.165, 1.54) is 18.2 Å². The zero-order chi connectivity index (χ0) is 17.9. The second-order valence-corrected chi connectivity index (χ2v) is 6.38. The highest BCUT2D eigenvalue weighted by molar-refractivity contribution is 9.10. The van der Waals surface area contributed by atoms with Crippen LogP contribution in [0.25, 0.3) is 0 Å². The number of nitrogens with one attached hydrogen (secondary N) is 1. The average molecular weight is 393 g/mol. The minimum Gasteiger partial charge on any atom is -0.483 e. The third kappa shape index (κ3) is 4.32. The van der Waals surface area contributed by atoms with Crippen LogP contribution in [0.5, 0.6) is 5.75 Å². The lowest BCUT2D eigenvalue weighted by atomic mass is 10.1. The molecule has 0 heterocycles. The number of aryl methyl sites for hydroxylation is 3. The summed E-state index contributed by atoms with van der Waals surface area (Å²) in [6.07, 6.45) is 0. The molecule has 0 atom stereocenters. The standard InChI is InChI=1S/C17H17BrN2O4/c1-10-8-14(20(22)23)4-5-15(10)19-16(21)9-24-17-11(2)6-13(18)7-12(17)3/h4-8H,9H2,1-3H3,(H,19,21). The van der Waals surface area contributed by atoms with Crippen molar-refractivity contribution in [3.8, 4) is 5.75 Å². The Balaban J connectivity index is 2.03. The van der Waals surface area contributed by atoms with Gasteiger partial charge >= 0.3 is 0 Å². The quantitative estimate of drug-likeness (QED) is 0.607. The van der Waals surface area contributed by atoms with Crippen LogP contribution in [0.1, 0.15) is 16.7 Å². The Labute approximate surface area is 148 Å². The molecule has 126 valence electrons. The van der Waals surface area contributed by atoms with Crippen molar-refractivity contribution >= 4 is 33.2 Å². The number of carbonyl (C=O) groups excluding carboxylic acids is 1. The zero-order valence-electron chi connectivity index (χ0n) is 13.6. The molecule has 2 rings (SSSR count). The molecule has 2 aromatic rings. The predicted octanol–water partition coefficient (Wildman–Crippen LogP) is 4.30. The SMILES string of the molecule is Cc1cc([N+](=O)[O-])ccc1NC(=O)COc1c(C)cc(Br)cc1C. The van der Waals surface area contributed by atoms with Crippen molar-refractivity contribution in [1.82, 2.24) is 0 Å². The zero-order valence-corrected chi connectivity index (χ0v) is 15.1. The minimum absolute atomic E-state index is 0.0112. The second-order valence-electron chi connectivity index (χ2n) is 5.46. The van der Waals surface area contributed by atoms with E-state index in [2.05, 4.69) is 21.2 Å². The third-order valence-electron chi connectivity index (χ3n) is 3.47. The Morgan fingerprint density at radius 3 is 2.33 bits per heavy atom. The van der Waals surface area contributed by atoms with Crippen molar-refractivity contribution in [3.05, 3.63) is 61.6 Å². The van der Waals surface area contributed by atoms with Gasteiger partial charge in [-0.25, -0.2) is 0 Å². The molecular weight excluding hydrogens is 376 g/mol. The highest BCUT2D eigenvalue weighted by atomic mass is 79.9. The Kier molecular flexibility index (Phi) is 5.56. The molecule has 0 bridgehead atoms. The van der Waals surface area contributed by atoms with Gasteiger partial charge in [-0.15, -0.1) is 0 Å². The first-order valence-electron chi connectivity index (χ1n) is 7.22. The number of hydrogen-bond donors (Lipinski definition) is 1. The summed E-state index contributed by atoms with van der Waals surface area (Å²) >= 11 is 3.41. The summed E-state index contributed by atoms with van der Waals surface area (Å²) in [6.45, 7) is 5.38. The molecule has 0 saturated carbocycles. The number of ether oxygens (including phenoxy) is 1. The Morgan fingerprint density at radius 2 is 1.79 bits per heavy atom. The lowest BCUT2D eigenvalue weighted by Gasteiger charge is -2.13. The van der Waals surface area contributed by atoms with Gasteiger partial charge in [-0.1, -0.05) is 15.9 Å². The summed E-state index contributed by atoms with van der Waals surface area (Å²) in [5.41, 5.74) is 3.00. The van der Waals surface area contributed by atoms with Gasteiger partial charge in [-0.2, -0.15) is 0 Å². The van der Waals surface area contributed by atoms with Gasteiger partial charge in [0.25, 0.3) is 11.6 Å². The van der Waals surface area contributed by atoms with E-state index in [9.17, 15) is 14.9 Å². The molecule has 1 N–H and O–H groups in total. The third-order valence-corrected chi connectivity index (χ3v) is 3.93. The van der Waals surface area contributed by atoms with Crippen molar-refractivity contribution in [2.75, 3.05) is 11.9 Å². The van der Waals surface area contributed by atoms with Gasteiger partial charge in [0.2, 0.25) is 0 Å². The normalized spacial score (nSPS) is 10.3. The summed E-state index contributed by atoms with van der Waals surface area (Å²) in [7, 11) is 0. The number of nitro benzene ring substituents is 1. The Hall–Kier alpha value is -2.41. The van der Waals surface area contributed by atoms with Gasteiger partial charge in [0, 0.05) is 22.3 Å². The monoisotopic (exact) mass is 392 g/mol. The van der Waals surface area contributed by atoms with Crippen molar-refractivity contribution in [3.63, 3.8) is 0 Å². The van der Waals surface area contributed by atoms with Crippen LogP contribution < -0.4 is 10.1 Å². The van der Waals surface area contributed by atoms with Crippen molar-refractivity contribution < 1.29 is 14.5 Å². The number of halogens is 1. The highest BCUT2D eigenvalue weighted by Gasteiger charge is 2.12. The molecule has 0 aliphatic rings. The average Bonchev–Trinajstić information content (AvgIpc) is 2.48. The van der Waals surface area contributed by atoms with Crippen LogP contribution in [0, 0.1) is 30.9 Å². The molecule has 24 heavy (non-hydrogen) atoms. The number of non-ortho nitro benzene ring substituents is 1. The minimum atomic E-state index is -0.471. The first kappa shape index (κ1) is 17.9. The van der Waals surface area contributed by atoms with E-state index in [1.807, 2.05) is 26.0 Å². The van der Waals surface area contributed by atoms with Crippen LogP contribution in [0.4, 0.5) is 11.4 Å². The van der Waals surface area contributed by atoms with E-state index in [0.717, 1.165) is 15.6 Å². The van der Waals surface area contributed by atoms with Gasteiger partial charge in [0.05, 0.1) is 4.92 Å². The van der Waals surface area contributed by atoms with Crippen molar-refractivity contribution in [1.29, 1.82) is 0 Å². The molecule has 0 saturated heterocycles. The van der Waals surface area contributed by atoms with E-state index in [4.69, 9.17) is 4.74 Å². The molecule has 6 nitrogen and oxygen atoms in total. The van der Waals surface area contributed by atoms with Gasteiger partial charge in [0.15, 0.2) is 6.61 Å². The van der Waals surface area contributed by atoms with Gasteiger partial charge < -0.3 is 10.1 Å². The molecule has 2 aromatic carbocycles. The fourth-order valence-electron chi connectivity index (χ4n) is 2.35. The number of nitro groups is 1. The van der Waals surface area contributed by atoms with Gasteiger partial charge in [0.1, 0.15) is 5.75 Å². The molecule has 0 aromatic heterocycles. The highest BCUT2D eigenvalue weighted by Crippen LogP contribution is 2.27. The van der Waals surface area contributed by atoms with Crippen LogP contribution in [0.15, 0.2) is 34.8 Å². The molecular formula is C17H17BrN2O4. The summed E-state index contributed by atoms with van der Waals surface area (Å²) in [6, 6.07) is 8.12. The van der Waals surface area contributed by atoms with E-state index < -0.39 is 4.92 Å². The van der Waals surface area contributed by atoms with Crippen LogP contribution in [-0.4, -0.2) is 17.4 Å². The van der Waals surface area contributed by atoms with Gasteiger partial charge in [-0.3, -0.25) is 14.9 Å². The topological polar surface area (TPSA) is 81.5 Å². The van der Waals surface area contributed by atoms with Crippen LogP contribution in [0.3, 0.4) is 0 Å². The number of amides is 1. The number of benzene rings is 2. The molecule has 0 unspecified atom stereocenters. The number of hydrogen-bond acceptors (Lipinski definition) is 4. The number of rotatable bonds is 5. The maximum absolute atomic E-state index is 12.1. The van der Waals surface area contributed by atoms with E-state index in [-0.39, 0.29) is 18.2 Å². The van der Waals surface area contributed by atoms with Crippen molar-refractivity contribution in [2.45, 2.75) is 20.8 Å². The van der Waals surface area contributed by atoms with Crippen molar-refractivity contribution in [2.24, 2.45) is 0 Å². The molecule has 0 radical (unpaired) electrons. The fourth-order valence-corrected chi connectivity index (χ4v) is 3.04. The maximum atomic E-state index is 12.1.